The van der Waals surface area contributed by atoms with Crippen LogP contribution in [0.1, 0.15) is 18.4 Å². The van der Waals surface area contributed by atoms with Crippen molar-refractivity contribution in [1.82, 2.24) is 9.62 Å². The Kier molecular flexibility index (Phi) is 5.60. The molecule has 0 bridgehead atoms. The smallest absolute Gasteiger partial charge is 0.246 e. The first-order valence-electron chi connectivity index (χ1n) is 8.19. The number of sulfonamides is 1. The van der Waals surface area contributed by atoms with Gasteiger partial charge in [0.05, 0.1) is 0 Å². The molecule has 1 saturated heterocycles. The molecule has 1 heterocycles. The Balaban J connectivity index is 1.76. The summed E-state index contributed by atoms with van der Waals surface area (Å²) < 4.78 is 40.6. The highest BCUT2D eigenvalue weighted by atomic mass is 35.5. The van der Waals surface area contributed by atoms with Gasteiger partial charge >= 0.3 is 0 Å². The van der Waals surface area contributed by atoms with Gasteiger partial charge in [0.25, 0.3) is 0 Å². The van der Waals surface area contributed by atoms with Crippen LogP contribution >= 0.6 is 11.6 Å². The van der Waals surface area contributed by atoms with E-state index in [0.717, 1.165) is 15.9 Å². The number of carbonyl (C=O) groups excluding carboxylic acids is 1. The van der Waals surface area contributed by atoms with Crippen molar-refractivity contribution in [3.05, 3.63) is 64.9 Å². The molecule has 138 valence electrons. The van der Waals surface area contributed by atoms with Gasteiger partial charge in [0.1, 0.15) is 16.8 Å². The summed E-state index contributed by atoms with van der Waals surface area (Å²) in [6, 6.07) is 11.4. The van der Waals surface area contributed by atoms with E-state index in [1.807, 2.05) is 0 Å². The molecule has 2 aromatic carbocycles. The highest BCUT2D eigenvalue weighted by Crippen LogP contribution is 2.27. The molecule has 0 spiro atoms. The number of halogens is 2. The van der Waals surface area contributed by atoms with Crippen molar-refractivity contribution in [2.45, 2.75) is 30.3 Å². The quantitative estimate of drug-likeness (QED) is 0.845. The minimum absolute atomic E-state index is 0.181. The maximum absolute atomic E-state index is 14.0. The van der Waals surface area contributed by atoms with Crippen molar-refractivity contribution in [2.24, 2.45) is 0 Å². The van der Waals surface area contributed by atoms with Crippen LogP contribution in [0, 0.1) is 5.82 Å². The number of nitrogens with one attached hydrogen (secondary N) is 1. The molecule has 3 rings (SSSR count). The van der Waals surface area contributed by atoms with Crippen molar-refractivity contribution in [3.63, 3.8) is 0 Å². The Hall–Kier alpha value is -1.96. The fourth-order valence-electron chi connectivity index (χ4n) is 3.01. The lowest BCUT2D eigenvalue weighted by molar-refractivity contribution is -0.124. The van der Waals surface area contributed by atoms with E-state index in [0.29, 0.717) is 17.9 Å². The molecule has 0 saturated carbocycles. The van der Waals surface area contributed by atoms with E-state index in [2.05, 4.69) is 5.32 Å². The predicted octanol–water partition coefficient (Wildman–Crippen LogP) is 2.95. The second kappa shape index (κ2) is 7.73. The van der Waals surface area contributed by atoms with Crippen molar-refractivity contribution in [3.8, 4) is 0 Å². The Morgan fingerprint density at radius 1 is 1.19 bits per heavy atom. The first-order valence-corrected chi connectivity index (χ1v) is 10.0. The van der Waals surface area contributed by atoms with Crippen molar-refractivity contribution < 1.29 is 17.6 Å². The number of nitrogens with zero attached hydrogens (tertiary/aromatic N) is 1. The molecule has 1 fully saturated rings. The number of hydrogen-bond acceptors (Lipinski definition) is 3. The minimum Gasteiger partial charge on any atom is -0.351 e. The lowest BCUT2D eigenvalue weighted by atomic mass is 10.2. The van der Waals surface area contributed by atoms with Gasteiger partial charge in [0.15, 0.2) is 0 Å². The molecular weight excluding hydrogens is 379 g/mol. The number of amides is 1. The Labute approximate surface area is 156 Å². The summed E-state index contributed by atoms with van der Waals surface area (Å²) >= 11 is 6.07. The molecule has 0 unspecified atom stereocenters. The molecule has 2 aromatic rings. The summed E-state index contributed by atoms with van der Waals surface area (Å²) in [7, 11) is -4.08. The van der Waals surface area contributed by atoms with E-state index in [1.165, 1.54) is 18.2 Å². The zero-order valence-corrected chi connectivity index (χ0v) is 15.4. The SMILES string of the molecule is O=C(NCc1ccccc1Cl)[C@@H]1CCCN1S(=O)(=O)c1ccccc1F. The molecule has 0 radical (unpaired) electrons. The first-order chi connectivity index (χ1) is 12.4. The Bertz CT molecular complexity index is 920. The van der Waals surface area contributed by atoms with Crippen LogP contribution in [0.25, 0.3) is 0 Å². The predicted molar refractivity (Wildman–Crippen MR) is 96.6 cm³/mol. The second-order valence-electron chi connectivity index (χ2n) is 6.01. The molecule has 0 aromatic heterocycles. The number of benzene rings is 2. The zero-order valence-electron chi connectivity index (χ0n) is 13.9. The molecule has 5 nitrogen and oxygen atoms in total. The van der Waals surface area contributed by atoms with E-state index in [1.54, 1.807) is 24.3 Å². The minimum atomic E-state index is -4.08. The van der Waals surface area contributed by atoms with E-state index in [4.69, 9.17) is 11.6 Å². The fraction of sp³-hybridized carbons (Fsp3) is 0.278. The van der Waals surface area contributed by atoms with Crippen LogP contribution in [0.2, 0.25) is 5.02 Å². The van der Waals surface area contributed by atoms with Gasteiger partial charge in [0, 0.05) is 18.1 Å². The summed E-state index contributed by atoms with van der Waals surface area (Å²) in [5.74, 6) is -1.24. The lowest BCUT2D eigenvalue weighted by Gasteiger charge is -2.23. The molecule has 1 N–H and O–H groups in total. The Morgan fingerprint density at radius 2 is 1.88 bits per heavy atom. The van der Waals surface area contributed by atoms with Crippen LogP contribution in [-0.4, -0.2) is 31.2 Å². The highest BCUT2D eigenvalue weighted by molar-refractivity contribution is 7.89. The van der Waals surface area contributed by atoms with Crippen LogP contribution < -0.4 is 5.32 Å². The largest absolute Gasteiger partial charge is 0.351 e. The van der Waals surface area contributed by atoms with Crippen LogP contribution in [-0.2, 0) is 21.4 Å². The van der Waals surface area contributed by atoms with Crippen LogP contribution in [0.5, 0.6) is 0 Å². The molecule has 1 amide bonds. The third kappa shape index (κ3) is 3.75. The van der Waals surface area contributed by atoms with E-state index < -0.39 is 32.7 Å². The summed E-state index contributed by atoms with van der Waals surface area (Å²) in [4.78, 5) is 12.1. The van der Waals surface area contributed by atoms with Crippen molar-refractivity contribution in [1.29, 1.82) is 0 Å². The second-order valence-corrected chi connectivity index (χ2v) is 8.28. The van der Waals surface area contributed by atoms with Gasteiger partial charge in [-0.2, -0.15) is 4.31 Å². The summed E-state index contributed by atoms with van der Waals surface area (Å²) in [6.07, 6.45) is 0.930. The molecule has 1 aliphatic rings. The van der Waals surface area contributed by atoms with Gasteiger partial charge in [-0.25, -0.2) is 12.8 Å². The van der Waals surface area contributed by atoms with Crippen molar-refractivity contribution >= 4 is 27.5 Å². The number of carbonyl (C=O) groups is 1. The normalized spacial score (nSPS) is 18.0. The molecule has 0 aliphatic carbocycles. The van der Waals surface area contributed by atoms with Gasteiger partial charge < -0.3 is 5.32 Å². The van der Waals surface area contributed by atoms with Crippen LogP contribution in [0.15, 0.2) is 53.4 Å². The third-order valence-corrected chi connectivity index (χ3v) is 6.65. The summed E-state index contributed by atoms with van der Waals surface area (Å²) in [5, 5.41) is 3.25. The molecule has 1 aliphatic heterocycles. The summed E-state index contributed by atoms with van der Waals surface area (Å²) in [6.45, 7) is 0.378. The Morgan fingerprint density at radius 3 is 2.62 bits per heavy atom. The topological polar surface area (TPSA) is 66.5 Å². The average molecular weight is 397 g/mol. The molecule has 26 heavy (non-hydrogen) atoms. The molecule has 8 heteroatoms. The van der Waals surface area contributed by atoms with Gasteiger partial charge in [-0.3, -0.25) is 4.79 Å². The standard InChI is InChI=1S/C18H18ClFN2O3S/c19-14-7-2-1-6-13(14)12-21-18(23)16-9-5-11-22(16)26(24,25)17-10-4-3-8-15(17)20/h1-4,6-8,10,16H,5,9,11-12H2,(H,21,23)/t16-/m0/s1. The van der Waals surface area contributed by atoms with E-state index in [9.17, 15) is 17.6 Å². The van der Waals surface area contributed by atoms with Crippen LogP contribution in [0.3, 0.4) is 0 Å². The van der Waals surface area contributed by atoms with Gasteiger partial charge in [-0.15, -0.1) is 0 Å². The average Bonchev–Trinajstić information content (AvgIpc) is 3.12. The van der Waals surface area contributed by atoms with E-state index in [-0.39, 0.29) is 13.1 Å². The van der Waals surface area contributed by atoms with Gasteiger partial charge in [-0.05, 0) is 36.6 Å². The van der Waals surface area contributed by atoms with Crippen LogP contribution in [0.4, 0.5) is 4.39 Å². The monoisotopic (exact) mass is 396 g/mol. The lowest BCUT2D eigenvalue weighted by Crippen LogP contribution is -2.45. The molecule has 1 atom stereocenters. The number of rotatable bonds is 5. The van der Waals surface area contributed by atoms with Gasteiger partial charge in [0.2, 0.25) is 15.9 Å². The third-order valence-electron chi connectivity index (χ3n) is 4.34. The zero-order chi connectivity index (χ0) is 18.7. The highest BCUT2D eigenvalue weighted by Gasteiger charge is 2.40. The number of hydrogen-bond donors (Lipinski definition) is 1. The maximum Gasteiger partial charge on any atom is 0.246 e. The molecular formula is C18H18ClFN2O3S. The fourth-order valence-corrected chi connectivity index (χ4v) is 4.94. The summed E-state index contributed by atoms with van der Waals surface area (Å²) in [5.41, 5.74) is 0.740. The van der Waals surface area contributed by atoms with Gasteiger partial charge in [-0.1, -0.05) is 41.9 Å². The van der Waals surface area contributed by atoms with E-state index >= 15 is 0 Å². The first kappa shape index (κ1) is 18.8. The maximum atomic E-state index is 14.0. The van der Waals surface area contributed by atoms with Crippen molar-refractivity contribution in [2.75, 3.05) is 6.54 Å².